The van der Waals surface area contributed by atoms with E-state index in [1.54, 1.807) is 12.1 Å². The average Bonchev–Trinajstić information content (AvgIpc) is 2.18. The summed E-state index contributed by atoms with van der Waals surface area (Å²) in [5, 5.41) is 0. The van der Waals surface area contributed by atoms with Gasteiger partial charge in [0.05, 0.1) is 4.90 Å². The Labute approximate surface area is 99.1 Å². The van der Waals surface area contributed by atoms with Crippen LogP contribution in [-0.4, -0.2) is 20.3 Å². The maximum absolute atomic E-state index is 11.4. The van der Waals surface area contributed by atoms with Gasteiger partial charge in [-0.2, -0.15) is 0 Å². The van der Waals surface area contributed by atoms with Crippen LogP contribution in [0.5, 0.6) is 0 Å². The summed E-state index contributed by atoms with van der Waals surface area (Å²) in [7, 11) is -1.90. The predicted octanol–water partition coefficient (Wildman–Crippen LogP) is 1.92. The number of halogens is 1. The molecule has 0 radical (unpaired) electrons. The Morgan fingerprint density at radius 1 is 1.33 bits per heavy atom. The molecule has 0 heterocycles. The summed E-state index contributed by atoms with van der Waals surface area (Å²) in [4.78, 5) is 0.695. The zero-order valence-electron chi connectivity index (χ0n) is 8.70. The molecule has 0 amide bonds. The fraction of sp³-hybridized carbons (Fsp3) is 0.400. The summed E-state index contributed by atoms with van der Waals surface area (Å²) in [6.07, 6.45) is 0.889. The Hall–Kier alpha value is -0.390. The topological polar surface area (TPSA) is 46.2 Å². The second kappa shape index (κ2) is 5.09. The highest BCUT2D eigenvalue weighted by molar-refractivity contribution is 9.09. The Balaban J connectivity index is 2.91. The fourth-order valence-electron chi connectivity index (χ4n) is 1.25. The molecular weight excluding hydrogens is 278 g/mol. The molecule has 0 aliphatic rings. The first-order valence-corrected chi connectivity index (χ1v) is 7.02. The second-order valence-electron chi connectivity index (χ2n) is 3.34. The summed E-state index contributed by atoms with van der Waals surface area (Å²) >= 11 is 3.45. The van der Waals surface area contributed by atoms with Crippen molar-refractivity contribution < 1.29 is 8.42 Å². The molecule has 1 atom stereocenters. The number of hydrogen-bond donors (Lipinski definition) is 1. The number of hydrogen-bond acceptors (Lipinski definition) is 2. The molecule has 0 bridgehead atoms. The van der Waals surface area contributed by atoms with Crippen LogP contribution >= 0.6 is 15.9 Å². The molecule has 0 fully saturated rings. The van der Waals surface area contributed by atoms with Gasteiger partial charge < -0.3 is 0 Å². The van der Waals surface area contributed by atoms with E-state index in [0.717, 1.165) is 12.0 Å². The highest BCUT2D eigenvalue weighted by Crippen LogP contribution is 2.13. The van der Waals surface area contributed by atoms with E-state index in [9.17, 15) is 8.42 Å². The van der Waals surface area contributed by atoms with Crippen LogP contribution in [0.4, 0.5) is 0 Å². The van der Waals surface area contributed by atoms with E-state index >= 15 is 0 Å². The van der Waals surface area contributed by atoms with Crippen LogP contribution in [-0.2, 0) is 16.4 Å². The largest absolute Gasteiger partial charge is 0.240 e. The Morgan fingerprint density at radius 2 is 1.87 bits per heavy atom. The molecule has 0 aliphatic carbocycles. The van der Waals surface area contributed by atoms with Crippen molar-refractivity contribution in [3.05, 3.63) is 29.8 Å². The Kier molecular flexibility index (Phi) is 4.31. The van der Waals surface area contributed by atoms with Crippen LogP contribution in [0, 0.1) is 0 Å². The van der Waals surface area contributed by atoms with E-state index in [4.69, 9.17) is 0 Å². The van der Waals surface area contributed by atoms with Crippen molar-refractivity contribution >= 4 is 26.0 Å². The van der Waals surface area contributed by atoms with Gasteiger partial charge in [-0.1, -0.05) is 35.0 Å². The quantitative estimate of drug-likeness (QED) is 0.862. The maximum atomic E-state index is 11.4. The zero-order valence-corrected chi connectivity index (χ0v) is 11.1. The lowest BCUT2D eigenvalue weighted by atomic mass is 10.1. The minimum Gasteiger partial charge on any atom is -0.214 e. The van der Waals surface area contributed by atoms with E-state index in [1.807, 2.05) is 12.1 Å². The molecule has 1 N–H and O–H groups in total. The minimum absolute atomic E-state index is 0.302. The minimum atomic E-state index is -3.31. The van der Waals surface area contributed by atoms with Crippen LogP contribution in [0.2, 0.25) is 0 Å². The molecule has 0 aromatic heterocycles. The third-order valence-electron chi connectivity index (χ3n) is 2.02. The highest BCUT2D eigenvalue weighted by Gasteiger charge is 2.10. The summed E-state index contributed by atoms with van der Waals surface area (Å²) in [5.74, 6) is 0. The molecule has 84 valence electrons. The molecule has 1 rings (SSSR count). The van der Waals surface area contributed by atoms with Gasteiger partial charge in [-0.05, 0) is 31.2 Å². The average molecular weight is 292 g/mol. The van der Waals surface area contributed by atoms with Gasteiger partial charge in [-0.25, -0.2) is 13.1 Å². The lowest BCUT2D eigenvalue weighted by Gasteiger charge is -2.05. The first kappa shape index (κ1) is 12.7. The molecule has 0 aliphatic heterocycles. The molecule has 0 saturated carbocycles. The lowest BCUT2D eigenvalue weighted by Crippen LogP contribution is -2.18. The van der Waals surface area contributed by atoms with E-state index < -0.39 is 10.0 Å². The van der Waals surface area contributed by atoms with E-state index in [0.29, 0.717) is 9.72 Å². The smallest absolute Gasteiger partial charge is 0.214 e. The van der Waals surface area contributed by atoms with Gasteiger partial charge in [0.15, 0.2) is 0 Å². The van der Waals surface area contributed by atoms with Crippen LogP contribution < -0.4 is 4.72 Å². The standard InChI is InChI=1S/C10H14BrNO2S/c1-8(11)7-9-3-5-10(6-4-9)15(13,14)12-2/h3-6,8,12H,7H2,1-2H3. The van der Waals surface area contributed by atoms with Crippen molar-refractivity contribution in [2.45, 2.75) is 23.1 Å². The summed E-state index contributed by atoms with van der Waals surface area (Å²) < 4.78 is 25.1. The molecule has 1 aromatic rings. The summed E-state index contributed by atoms with van der Waals surface area (Å²) in [6.45, 7) is 2.05. The zero-order chi connectivity index (χ0) is 11.5. The normalized spacial score (nSPS) is 13.8. The molecule has 3 nitrogen and oxygen atoms in total. The molecule has 1 aromatic carbocycles. The summed E-state index contributed by atoms with van der Waals surface area (Å²) in [6, 6.07) is 6.91. The Morgan fingerprint density at radius 3 is 2.27 bits per heavy atom. The van der Waals surface area contributed by atoms with Crippen molar-refractivity contribution in [1.29, 1.82) is 0 Å². The monoisotopic (exact) mass is 291 g/mol. The predicted molar refractivity (Wildman–Crippen MR) is 64.8 cm³/mol. The van der Waals surface area contributed by atoms with Gasteiger partial charge in [0.1, 0.15) is 0 Å². The number of sulfonamides is 1. The van der Waals surface area contributed by atoms with Crippen molar-refractivity contribution in [1.82, 2.24) is 4.72 Å². The maximum Gasteiger partial charge on any atom is 0.240 e. The van der Waals surface area contributed by atoms with Gasteiger partial charge in [-0.3, -0.25) is 0 Å². The third kappa shape index (κ3) is 3.59. The second-order valence-corrected chi connectivity index (χ2v) is 6.79. The first-order chi connectivity index (χ1) is 6.95. The molecule has 0 saturated heterocycles. The molecule has 1 unspecified atom stereocenters. The van der Waals surface area contributed by atoms with Gasteiger partial charge in [0.2, 0.25) is 10.0 Å². The number of rotatable bonds is 4. The van der Waals surface area contributed by atoms with Crippen LogP contribution in [0.25, 0.3) is 0 Å². The van der Waals surface area contributed by atoms with Crippen LogP contribution in [0.3, 0.4) is 0 Å². The highest BCUT2D eigenvalue weighted by atomic mass is 79.9. The van der Waals surface area contributed by atoms with E-state index in [-0.39, 0.29) is 0 Å². The molecule has 5 heteroatoms. The fourth-order valence-corrected chi connectivity index (χ4v) is 2.35. The number of nitrogens with one attached hydrogen (secondary N) is 1. The lowest BCUT2D eigenvalue weighted by molar-refractivity contribution is 0.588. The van der Waals surface area contributed by atoms with Gasteiger partial charge >= 0.3 is 0 Å². The van der Waals surface area contributed by atoms with Gasteiger partial charge in [0, 0.05) is 4.83 Å². The van der Waals surface area contributed by atoms with E-state index in [1.165, 1.54) is 7.05 Å². The van der Waals surface area contributed by atoms with Crippen LogP contribution in [0.15, 0.2) is 29.2 Å². The molecule has 15 heavy (non-hydrogen) atoms. The van der Waals surface area contributed by atoms with Crippen molar-refractivity contribution in [3.8, 4) is 0 Å². The molecule has 0 spiro atoms. The third-order valence-corrected chi connectivity index (χ3v) is 3.77. The summed E-state index contributed by atoms with van der Waals surface area (Å²) in [5.41, 5.74) is 1.12. The number of benzene rings is 1. The SMILES string of the molecule is CNS(=O)(=O)c1ccc(CC(C)Br)cc1. The Bertz CT molecular complexity index is 412. The molecular formula is C10H14BrNO2S. The van der Waals surface area contributed by atoms with Crippen molar-refractivity contribution in [2.24, 2.45) is 0 Å². The van der Waals surface area contributed by atoms with Crippen LogP contribution in [0.1, 0.15) is 12.5 Å². The van der Waals surface area contributed by atoms with E-state index in [2.05, 4.69) is 27.6 Å². The van der Waals surface area contributed by atoms with Crippen molar-refractivity contribution in [2.75, 3.05) is 7.05 Å². The van der Waals surface area contributed by atoms with Gasteiger partial charge in [0.25, 0.3) is 0 Å². The first-order valence-electron chi connectivity index (χ1n) is 4.62. The number of alkyl halides is 1. The van der Waals surface area contributed by atoms with Crippen molar-refractivity contribution in [3.63, 3.8) is 0 Å². The van der Waals surface area contributed by atoms with Gasteiger partial charge in [-0.15, -0.1) is 0 Å².